The van der Waals surface area contributed by atoms with Crippen LogP contribution in [0.4, 0.5) is 0 Å². The topological polar surface area (TPSA) is 62.3 Å². The van der Waals surface area contributed by atoms with Gasteiger partial charge in [0, 0.05) is 11.5 Å². The van der Waals surface area contributed by atoms with Crippen molar-refractivity contribution >= 4 is 10.9 Å². The van der Waals surface area contributed by atoms with E-state index in [-0.39, 0.29) is 11.2 Å². The minimum absolute atomic E-state index is 0.229. The van der Waals surface area contributed by atoms with Crippen LogP contribution in [0.2, 0.25) is 0 Å². The van der Waals surface area contributed by atoms with Crippen molar-refractivity contribution in [2.24, 2.45) is 0 Å². The predicted octanol–water partition coefficient (Wildman–Crippen LogP) is 1.55. The first kappa shape index (κ1) is 9.58. The standard InChI is InChI=1S/C11H11NO3/c1-6-10(13)11(14)8-4-3-7(15-2)5-9(8)12-6/h3-5,13H,1-2H3,(H,12,14). The van der Waals surface area contributed by atoms with Gasteiger partial charge in [-0.3, -0.25) is 4.79 Å². The number of aryl methyl sites for hydroxylation is 1. The molecule has 1 heterocycles. The van der Waals surface area contributed by atoms with Crippen molar-refractivity contribution in [2.75, 3.05) is 7.11 Å². The molecule has 0 aliphatic heterocycles. The van der Waals surface area contributed by atoms with E-state index in [1.165, 1.54) is 0 Å². The summed E-state index contributed by atoms with van der Waals surface area (Å²) >= 11 is 0. The van der Waals surface area contributed by atoms with Gasteiger partial charge in [0.1, 0.15) is 5.75 Å². The number of hydrogen-bond donors (Lipinski definition) is 2. The van der Waals surface area contributed by atoms with Gasteiger partial charge < -0.3 is 14.8 Å². The van der Waals surface area contributed by atoms with Crippen LogP contribution in [-0.4, -0.2) is 17.2 Å². The van der Waals surface area contributed by atoms with Gasteiger partial charge >= 0.3 is 0 Å². The van der Waals surface area contributed by atoms with E-state index in [0.29, 0.717) is 22.3 Å². The fourth-order valence-electron chi connectivity index (χ4n) is 1.51. The number of rotatable bonds is 1. The zero-order chi connectivity index (χ0) is 11.0. The van der Waals surface area contributed by atoms with Crippen LogP contribution in [0, 0.1) is 6.92 Å². The van der Waals surface area contributed by atoms with Crippen LogP contribution in [0.25, 0.3) is 10.9 Å². The van der Waals surface area contributed by atoms with Crippen LogP contribution in [0.5, 0.6) is 11.5 Å². The second-order valence-corrected chi connectivity index (χ2v) is 3.34. The van der Waals surface area contributed by atoms with Crippen LogP contribution in [0.3, 0.4) is 0 Å². The molecule has 0 aliphatic rings. The van der Waals surface area contributed by atoms with Crippen molar-refractivity contribution in [2.45, 2.75) is 6.92 Å². The molecule has 0 amide bonds. The van der Waals surface area contributed by atoms with Gasteiger partial charge in [-0.15, -0.1) is 0 Å². The molecule has 0 bridgehead atoms. The number of H-pyrrole nitrogens is 1. The lowest BCUT2D eigenvalue weighted by molar-refractivity contribution is 0.415. The van der Waals surface area contributed by atoms with Crippen LogP contribution >= 0.6 is 0 Å². The Hall–Kier alpha value is -1.97. The van der Waals surface area contributed by atoms with Crippen molar-refractivity contribution in [1.29, 1.82) is 0 Å². The summed E-state index contributed by atoms with van der Waals surface area (Å²) < 4.78 is 5.05. The summed E-state index contributed by atoms with van der Waals surface area (Å²) in [5.74, 6) is 0.441. The third-order valence-electron chi connectivity index (χ3n) is 2.36. The second-order valence-electron chi connectivity index (χ2n) is 3.34. The molecule has 0 radical (unpaired) electrons. The van der Waals surface area contributed by atoms with Crippen molar-refractivity contribution < 1.29 is 9.84 Å². The highest BCUT2D eigenvalue weighted by molar-refractivity contribution is 5.81. The van der Waals surface area contributed by atoms with Gasteiger partial charge in [-0.25, -0.2) is 0 Å². The average molecular weight is 205 g/mol. The molecule has 0 atom stereocenters. The van der Waals surface area contributed by atoms with Gasteiger partial charge in [-0.1, -0.05) is 0 Å². The highest BCUT2D eigenvalue weighted by atomic mass is 16.5. The Kier molecular flexibility index (Phi) is 2.11. The number of fused-ring (bicyclic) bond motifs is 1. The molecule has 2 N–H and O–H groups in total. The molecule has 0 aliphatic carbocycles. The van der Waals surface area contributed by atoms with E-state index in [0.717, 1.165) is 0 Å². The Labute approximate surface area is 86.1 Å². The third-order valence-corrected chi connectivity index (χ3v) is 2.36. The second kappa shape index (κ2) is 3.31. The Bertz CT molecular complexity index is 572. The zero-order valence-electron chi connectivity index (χ0n) is 8.50. The number of aromatic hydroxyl groups is 1. The van der Waals surface area contributed by atoms with Gasteiger partial charge in [-0.05, 0) is 19.1 Å². The lowest BCUT2D eigenvalue weighted by Crippen LogP contribution is -2.04. The largest absolute Gasteiger partial charge is 0.503 e. The summed E-state index contributed by atoms with van der Waals surface area (Å²) in [4.78, 5) is 14.6. The van der Waals surface area contributed by atoms with Crippen molar-refractivity contribution in [3.63, 3.8) is 0 Å². The molecule has 2 aromatic rings. The number of aromatic nitrogens is 1. The molecular formula is C11H11NO3. The normalized spacial score (nSPS) is 10.5. The molecule has 0 saturated heterocycles. The van der Waals surface area contributed by atoms with Gasteiger partial charge in [0.25, 0.3) is 0 Å². The van der Waals surface area contributed by atoms with E-state index >= 15 is 0 Å². The summed E-state index contributed by atoms with van der Waals surface area (Å²) in [6, 6.07) is 5.04. The quantitative estimate of drug-likeness (QED) is 0.742. The first-order valence-corrected chi connectivity index (χ1v) is 4.53. The monoisotopic (exact) mass is 205 g/mol. The smallest absolute Gasteiger partial charge is 0.231 e. The number of pyridine rings is 1. The first-order valence-electron chi connectivity index (χ1n) is 4.53. The number of nitrogens with one attached hydrogen (secondary N) is 1. The van der Waals surface area contributed by atoms with E-state index in [2.05, 4.69) is 4.98 Å². The number of hydrogen-bond acceptors (Lipinski definition) is 3. The van der Waals surface area contributed by atoms with Crippen LogP contribution in [0.1, 0.15) is 5.69 Å². The minimum Gasteiger partial charge on any atom is -0.503 e. The van der Waals surface area contributed by atoms with Gasteiger partial charge in [-0.2, -0.15) is 0 Å². The van der Waals surface area contributed by atoms with Gasteiger partial charge in [0.15, 0.2) is 5.75 Å². The summed E-state index contributed by atoms with van der Waals surface area (Å²) in [5.41, 5.74) is 0.763. The third kappa shape index (κ3) is 1.44. The fraction of sp³-hybridized carbons (Fsp3) is 0.182. The Morgan fingerprint density at radius 3 is 2.80 bits per heavy atom. The van der Waals surface area contributed by atoms with Crippen molar-refractivity contribution in [3.05, 3.63) is 34.1 Å². The van der Waals surface area contributed by atoms with Gasteiger partial charge in [0.05, 0.1) is 18.3 Å². The van der Waals surface area contributed by atoms with E-state index in [1.807, 2.05) is 0 Å². The summed E-state index contributed by atoms with van der Waals surface area (Å²) in [6.45, 7) is 1.65. The molecule has 0 fully saturated rings. The van der Waals surface area contributed by atoms with Crippen molar-refractivity contribution in [1.82, 2.24) is 4.98 Å². The molecule has 2 rings (SSSR count). The Morgan fingerprint density at radius 2 is 2.13 bits per heavy atom. The molecule has 1 aromatic heterocycles. The Balaban J connectivity index is 2.86. The van der Waals surface area contributed by atoms with E-state index < -0.39 is 0 Å². The summed E-state index contributed by atoms with van der Waals surface area (Å²) in [7, 11) is 1.56. The van der Waals surface area contributed by atoms with Gasteiger partial charge in [0.2, 0.25) is 5.43 Å². The highest BCUT2D eigenvalue weighted by Gasteiger charge is 2.07. The first-order chi connectivity index (χ1) is 7.13. The molecule has 4 nitrogen and oxygen atoms in total. The number of benzene rings is 1. The van der Waals surface area contributed by atoms with E-state index in [9.17, 15) is 9.90 Å². The number of ether oxygens (including phenoxy) is 1. The van der Waals surface area contributed by atoms with Crippen LogP contribution < -0.4 is 10.2 Å². The van der Waals surface area contributed by atoms with Crippen LogP contribution in [0.15, 0.2) is 23.0 Å². The molecule has 78 valence electrons. The molecule has 4 heteroatoms. The lowest BCUT2D eigenvalue weighted by atomic mass is 10.2. The predicted molar refractivity (Wildman–Crippen MR) is 57.5 cm³/mol. The highest BCUT2D eigenvalue weighted by Crippen LogP contribution is 2.19. The van der Waals surface area contributed by atoms with Crippen molar-refractivity contribution in [3.8, 4) is 11.5 Å². The summed E-state index contributed by atoms with van der Waals surface area (Å²) in [6.07, 6.45) is 0. The molecule has 15 heavy (non-hydrogen) atoms. The number of aromatic amines is 1. The SMILES string of the molecule is COc1ccc2c(=O)c(O)c(C)[nH]c2c1. The molecule has 0 saturated carbocycles. The fourth-order valence-corrected chi connectivity index (χ4v) is 1.51. The molecular weight excluding hydrogens is 194 g/mol. The maximum atomic E-state index is 11.6. The van der Waals surface area contributed by atoms with Crippen LogP contribution in [-0.2, 0) is 0 Å². The zero-order valence-corrected chi connectivity index (χ0v) is 8.50. The molecule has 1 aromatic carbocycles. The molecule has 0 spiro atoms. The van der Waals surface area contributed by atoms with E-state index in [1.54, 1.807) is 32.2 Å². The summed E-state index contributed by atoms with van der Waals surface area (Å²) in [5, 5.41) is 9.91. The lowest BCUT2D eigenvalue weighted by Gasteiger charge is -2.04. The number of methoxy groups -OCH3 is 1. The Morgan fingerprint density at radius 1 is 1.40 bits per heavy atom. The minimum atomic E-state index is -0.357. The maximum Gasteiger partial charge on any atom is 0.231 e. The maximum absolute atomic E-state index is 11.6. The van der Waals surface area contributed by atoms with E-state index in [4.69, 9.17) is 4.74 Å². The molecule has 0 unspecified atom stereocenters. The average Bonchev–Trinajstić information content (AvgIpc) is 2.25.